The molecule has 0 spiro atoms. The standard InChI is InChI=1S/C9H8F3NS2/c10-9(11,12)5-13-4-6-3-8-7(15-6)1-2-14-8/h1-3,13H,4-5H2. The van der Waals surface area contributed by atoms with Crippen molar-refractivity contribution in [3.63, 3.8) is 0 Å². The number of hydrogen-bond acceptors (Lipinski definition) is 3. The molecule has 1 N–H and O–H groups in total. The van der Waals surface area contributed by atoms with E-state index in [0.29, 0.717) is 0 Å². The van der Waals surface area contributed by atoms with Gasteiger partial charge in [-0.2, -0.15) is 13.2 Å². The summed E-state index contributed by atoms with van der Waals surface area (Å²) in [5, 5.41) is 4.36. The molecule has 2 aromatic heterocycles. The molecule has 0 fully saturated rings. The molecule has 82 valence electrons. The van der Waals surface area contributed by atoms with Gasteiger partial charge in [0.1, 0.15) is 0 Å². The van der Waals surface area contributed by atoms with Gasteiger partial charge in [-0.15, -0.1) is 22.7 Å². The van der Waals surface area contributed by atoms with Crippen molar-refractivity contribution in [2.75, 3.05) is 6.54 Å². The van der Waals surface area contributed by atoms with Gasteiger partial charge < -0.3 is 5.32 Å². The van der Waals surface area contributed by atoms with Crippen molar-refractivity contribution in [3.8, 4) is 0 Å². The minimum atomic E-state index is -4.13. The summed E-state index contributed by atoms with van der Waals surface area (Å²) in [5.41, 5.74) is 0. The lowest BCUT2D eigenvalue weighted by Crippen LogP contribution is -2.27. The molecule has 1 nitrogen and oxygen atoms in total. The molecule has 2 heterocycles. The van der Waals surface area contributed by atoms with E-state index in [1.807, 2.05) is 17.5 Å². The van der Waals surface area contributed by atoms with Gasteiger partial charge in [-0.05, 0) is 17.5 Å². The van der Waals surface area contributed by atoms with Gasteiger partial charge in [0.05, 0.1) is 6.54 Å². The van der Waals surface area contributed by atoms with Crippen molar-refractivity contribution in [1.82, 2.24) is 5.32 Å². The zero-order valence-corrected chi connectivity index (χ0v) is 9.23. The molecule has 0 aliphatic carbocycles. The molecular formula is C9H8F3NS2. The van der Waals surface area contributed by atoms with Crippen LogP contribution in [-0.4, -0.2) is 12.7 Å². The molecule has 0 amide bonds. The average molecular weight is 251 g/mol. The number of nitrogens with one attached hydrogen (secondary N) is 1. The van der Waals surface area contributed by atoms with Crippen LogP contribution in [0.1, 0.15) is 4.88 Å². The van der Waals surface area contributed by atoms with Crippen molar-refractivity contribution < 1.29 is 13.2 Å². The zero-order valence-electron chi connectivity index (χ0n) is 7.60. The quantitative estimate of drug-likeness (QED) is 0.878. The van der Waals surface area contributed by atoms with Gasteiger partial charge in [0.25, 0.3) is 0 Å². The molecule has 6 heteroatoms. The predicted octanol–water partition coefficient (Wildman–Crippen LogP) is 3.61. The van der Waals surface area contributed by atoms with E-state index in [1.54, 1.807) is 11.3 Å². The van der Waals surface area contributed by atoms with E-state index in [9.17, 15) is 13.2 Å². The second-order valence-corrected chi connectivity index (χ2v) is 5.20. The largest absolute Gasteiger partial charge is 0.401 e. The van der Waals surface area contributed by atoms with Crippen LogP contribution in [0.5, 0.6) is 0 Å². The summed E-state index contributed by atoms with van der Waals surface area (Å²) in [6.45, 7) is -0.649. The van der Waals surface area contributed by atoms with Gasteiger partial charge in [-0.3, -0.25) is 0 Å². The lowest BCUT2D eigenvalue weighted by atomic mass is 10.4. The number of hydrogen-bond donors (Lipinski definition) is 1. The molecule has 15 heavy (non-hydrogen) atoms. The van der Waals surface area contributed by atoms with E-state index in [-0.39, 0.29) is 6.54 Å². The van der Waals surface area contributed by atoms with Crippen LogP contribution in [0, 0.1) is 0 Å². The highest BCUT2D eigenvalue weighted by Gasteiger charge is 2.26. The number of fused-ring (bicyclic) bond motifs is 1. The lowest BCUT2D eigenvalue weighted by molar-refractivity contribution is -0.125. The maximum absolute atomic E-state index is 11.8. The lowest BCUT2D eigenvalue weighted by Gasteiger charge is -2.06. The molecule has 2 rings (SSSR count). The van der Waals surface area contributed by atoms with Crippen molar-refractivity contribution >= 4 is 32.1 Å². The molecule has 0 aliphatic heterocycles. The predicted molar refractivity (Wildman–Crippen MR) is 57.5 cm³/mol. The smallest absolute Gasteiger partial charge is 0.304 e. The van der Waals surface area contributed by atoms with Crippen LogP contribution in [0.3, 0.4) is 0 Å². The molecule has 0 aliphatic rings. The van der Waals surface area contributed by atoms with Crippen LogP contribution in [0.2, 0.25) is 0 Å². The SMILES string of the molecule is FC(F)(F)CNCc1cc2sccc2s1. The van der Waals surface area contributed by atoms with Gasteiger partial charge in [-0.1, -0.05) is 0 Å². The first kappa shape index (κ1) is 10.9. The van der Waals surface area contributed by atoms with Crippen molar-refractivity contribution in [2.45, 2.75) is 12.7 Å². The Morgan fingerprint density at radius 3 is 2.73 bits per heavy atom. The third kappa shape index (κ3) is 2.93. The van der Waals surface area contributed by atoms with Crippen molar-refractivity contribution in [1.29, 1.82) is 0 Å². The van der Waals surface area contributed by atoms with Crippen LogP contribution >= 0.6 is 22.7 Å². The topological polar surface area (TPSA) is 12.0 Å². The van der Waals surface area contributed by atoms with E-state index in [1.165, 1.54) is 11.3 Å². The third-order valence-electron chi connectivity index (χ3n) is 1.82. The van der Waals surface area contributed by atoms with E-state index in [0.717, 1.165) is 14.3 Å². The van der Waals surface area contributed by atoms with E-state index >= 15 is 0 Å². The highest BCUT2D eigenvalue weighted by Crippen LogP contribution is 2.29. The van der Waals surface area contributed by atoms with E-state index in [4.69, 9.17) is 0 Å². The highest BCUT2D eigenvalue weighted by atomic mass is 32.1. The van der Waals surface area contributed by atoms with Gasteiger partial charge in [0, 0.05) is 20.8 Å². The number of rotatable bonds is 3. The molecule has 0 bridgehead atoms. The zero-order chi connectivity index (χ0) is 10.9. The summed E-state index contributed by atoms with van der Waals surface area (Å²) in [5.74, 6) is 0. The van der Waals surface area contributed by atoms with Crippen LogP contribution in [-0.2, 0) is 6.54 Å². The Balaban J connectivity index is 1.93. The second kappa shape index (κ2) is 4.11. The number of alkyl halides is 3. The van der Waals surface area contributed by atoms with Crippen LogP contribution < -0.4 is 5.32 Å². The molecule has 0 saturated carbocycles. The molecule has 0 radical (unpaired) electrons. The fourth-order valence-electron chi connectivity index (χ4n) is 1.23. The van der Waals surface area contributed by atoms with Crippen LogP contribution in [0.25, 0.3) is 9.40 Å². The summed E-state index contributed by atoms with van der Waals surface area (Å²) >= 11 is 3.14. The Morgan fingerprint density at radius 2 is 2.07 bits per heavy atom. The summed E-state index contributed by atoms with van der Waals surface area (Å²) in [4.78, 5) is 0.945. The maximum Gasteiger partial charge on any atom is 0.401 e. The fourth-order valence-corrected chi connectivity index (χ4v) is 3.33. The van der Waals surface area contributed by atoms with Crippen molar-refractivity contribution in [3.05, 3.63) is 22.4 Å². The summed E-state index contributed by atoms with van der Waals surface area (Å²) < 4.78 is 37.8. The first-order chi connectivity index (χ1) is 7.04. The Labute approximate surface area is 92.5 Å². The minimum absolute atomic E-state index is 0.283. The van der Waals surface area contributed by atoms with E-state index < -0.39 is 12.7 Å². The van der Waals surface area contributed by atoms with Crippen molar-refractivity contribution in [2.24, 2.45) is 0 Å². The Hall–Kier alpha value is -0.590. The molecule has 0 saturated heterocycles. The number of halogens is 3. The highest BCUT2D eigenvalue weighted by molar-refractivity contribution is 7.26. The molecule has 0 unspecified atom stereocenters. The Bertz CT molecular complexity index is 415. The summed E-state index contributed by atoms with van der Waals surface area (Å²) in [7, 11) is 0. The summed E-state index contributed by atoms with van der Waals surface area (Å²) in [6, 6.07) is 3.92. The molecule has 0 aromatic carbocycles. The third-order valence-corrected chi connectivity index (χ3v) is 3.91. The summed E-state index contributed by atoms with van der Waals surface area (Å²) in [6.07, 6.45) is -4.13. The van der Waals surface area contributed by atoms with Crippen LogP contribution in [0.15, 0.2) is 17.5 Å². The Kier molecular flexibility index (Phi) is 2.99. The van der Waals surface area contributed by atoms with Gasteiger partial charge in [0.15, 0.2) is 0 Å². The minimum Gasteiger partial charge on any atom is -0.304 e. The second-order valence-electron chi connectivity index (χ2n) is 3.08. The number of thiophene rings is 2. The molecular weight excluding hydrogens is 243 g/mol. The van der Waals surface area contributed by atoms with Crippen LogP contribution in [0.4, 0.5) is 13.2 Å². The van der Waals surface area contributed by atoms with E-state index in [2.05, 4.69) is 5.32 Å². The Morgan fingerprint density at radius 1 is 1.27 bits per heavy atom. The van der Waals surface area contributed by atoms with Gasteiger partial charge in [0.2, 0.25) is 0 Å². The fraction of sp³-hybridized carbons (Fsp3) is 0.333. The first-order valence-corrected chi connectivity index (χ1v) is 5.97. The monoisotopic (exact) mass is 251 g/mol. The van der Waals surface area contributed by atoms with Gasteiger partial charge >= 0.3 is 6.18 Å². The maximum atomic E-state index is 11.8. The molecule has 2 aromatic rings. The normalized spacial score (nSPS) is 12.5. The van der Waals surface area contributed by atoms with Gasteiger partial charge in [-0.25, -0.2) is 0 Å². The average Bonchev–Trinajstić information content (AvgIpc) is 2.60. The molecule has 0 atom stereocenters. The first-order valence-electron chi connectivity index (χ1n) is 4.28.